The summed E-state index contributed by atoms with van der Waals surface area (Å²) in [7, 11) is -0.797. The Labute approximate surface area is 171 Å². The number of nitrogens with zero attached hydrogens (tertiary/aromatic N) is 2. The molecule has 0 atom stereocenters. The first-order chi connectivity index (χ1) is 13.7. The van der Waals surface area contributed by atoms with Gasteiger partial charge in [-0.3, -0.25) is 4.79 Å². The summed E-state index contributed by atoms with van der Waals surface area (Å²) >= 11 is 0. The molecule has 0 spiro atoms. The number of anilines is 2. The number of piperidine rings is 1. The average Bonchev–Trinajstić information content (AvgIpc) is 2.70. The predicted molar refractivity (Wildman–Crippen MR) is 112 cm³/mol. The lowest BCUT2D eigenvalue weighted by Crippen LogP contribution is -2.32. The molecule has 6 nitrogen and oxygen atoms in total. The van der Waals surface area contributed by atoms with Crippen LogP contribution < -0.4 is 10.2 Å². The SMILES string of the molecule is Cc1ccc(F)cc1NC(=O)c1cc(S(=O)(=O)N(C)C)ccc1N1CCCCC1. The van der Waals surface area contributed by atoms with Gasteiger partial charge in [0, 0.05) is 38.6 Å². The second kappa shape index (κ2) is 8.51. The largest absolute Gasteiger partial charge is 0.371 e. The minimum atomic E-state index is -3.69. The summed E-state index contributed by atoms with van der Waals surface area (Å²) in [5.74, 6) is -0.916. The zero-order valence-corrected chi connectivity index (χ0v) is 17.7. The Balaban J connectivity index is 2.04. The second-order valence-corrected chi connectivity index (χ2v) is 9.58. The Morgan fingerprint density at radius 2 is 1.76 bits per heavy atom. The molecule has 8 heteroatoms. The van der Waals surface area contributed by atoms with Crippen LogP contribution in [0.25, 0.3) is 0 Å². The normalized spacial score (nSPS) is 14.9. The van der Waals surface area contributed by atoms with E-state index in [0.717, 1.165) is 42.2 Å². The third kappa shape index (κ3) is 4.59. The maximum atomic E-state index is 13.6. The van der Waals surface area contributed by atoms with Crippen LogP contribution in [0.15, 0.2) is 41.3 Å². The molecule has 1 amide bonds. The van der Waals surface area contributed by atoms with Gasteiger partial charge in [-0.1, -0.05) is 6.07 Å². The van der Waals surface area contributed by atoms with Crippen molar-refractivity contribution in [2.75, 3.05) is 37.4 Å². The van der Waals surface area contributed by atoms with E-state index in [0.29, 0.717) is 11.4 Å². The number of hydrogen-bond acceptors (Lipinski definition) is 4. The highest BCUT2D eigenvalue weighted by molar-refractivity contribution is 7.89. The quantitative estimate of drug-likeness (QED) is 0.804. The Morgan fingerprint density at radius 1 is 1.07 bits per heavy atom. The number of benzene rings is 2. The van der Waals surface area contributed by atoms with Crippen LogP contribution in [0.3, 0.4) is 0 Å². The number of halogens is 1. The molecule has 1 aliphatic rings. The van der Waals surface area contributed by atoms with E-state index in [1.807, 2.05) is 0 Å². The van der Waals surface area contributed by atoms with Crippen LogP contribution in [-0.4, -0.2) is 45.8 Å². The molecular weight excluding hydrogens is 393 g/mol. The molecule has 0 radical (unpaired) electrons. The number of aryl methyl sites for hydroxylation is 1. The molecular formula is C21H26FN3O3S. The summed E-state index contributed by atoms with van der Waals surface area (Å²) in [5, 5.41) is 2.74. The van der Waals surface area contributed by atoms with Gasteiger partial charge >= 0.3 is 0 Å². The highest BCUT2D eigenvalue weighted by atomic mass is 32.2. The summed E-state index contributed by atoms with van der Waals surface area (Å²) in [6.07, 6.45) is 3.16. The van der Waals surface area contributed by atoms with E-state index in [2.05, 4.69) is 10.2 Å². The molecule has 0 aromatic heterocycles. The van der Waals surface area contributed by atoms with Crippen molar-refractivity contribution in [3.8, 4) is 0 Å². The maximum absolute atomic E-state index is 13.6. The Kier molecular flexibility index (Phi) is 6.24. The van der Waals surface area contributed by atoms with Gasteiger partial charge in [0.25, 0.3) is 5.91 Å². The average molecular weight is 420 g/mol. The summed E-state index contributed by atoms with van der Waals surface area (Å²) < 4.78 is 39.9. The molecule has 1 saturated heterocycles. The number of rotatable bonds is 5. The van der Waals surface area contributed by atoms with Gasteiger partial charge in [0.1, 0.15) is 5.82 Å². The van der Waals surface area contributed by atoms with E-state index in [-0.39, 0.29) is 10.5 Å². The van der Waals surface area contributed by atoms with Crippen LogP contribution >= 0.6 is 0 Å². The third-order valence-corrected chi connectivity index (χ3v) is 6.95. The summed E-state index contributed by atoms with van der Waals surface area (Å²) in [5.41, 5.74) is 2.03. The lowest BCUT2D eigenvalue weighted by atomic mass is 10.1. The molecule has 0 unspecified atom stereocenters. The van der Waals surface area contributed by atoms with Crippen molar-refractivity contribution >= 4 is 27.3 Å². The number of nitrogens with one attached hydrogen (secondary N) is 1. The van der Waals surface area contributed by atoms with Crippen molar-refractivity contribution < 1.29 is 17.6 Å². The lowest BCUT2D eigenvalue weighted by molar-refractivity contribution is 0.102. The molecule has 0 aliphatic carbocycles. The fraction of sp³-hybridized carbons (Fsp3) is 0.381. The molecule has 156 valence electrons. The van der Waals surface area contributed by atoms with Crippen molar-refractivity contribution in [1.82, 2.24) is 4.31 Å². The first-order valence-corrected chi connectivity index (χ1v) is 11.0. The molecule has 1 fully saturated rings. The highest BCUT2D eigenvalue weighted by Crippen LogP contribution is 2.29. The monoisotopic (exact) mass is 419 g/mol. The fourth-order valence-corrected chi connectivity index (χ4v) is 4.33. The smallest absolute Gasteiger partial charge is 0.257 e. The van der Waals surface area contributed by atoms with Gasteiger partial charge in [-0.25, -0.2) is 17.1 Å². The second-order valence-electron chi connectivity index (χ2n) is 7.43. The summed E-state index contributed by atoms with van der Waals surface area (Å²) in [4.78, 5) is 15.3. The highest BCUT2D eigenvalue weighted by Gasteiger charge is 2.24. The van der Waals surface area contributed by atoms with E-state index in [1.165, 1.54) is 38.4 Å². The number of carbonyl (C=O) groups is 1. The van der Waals surface area contributed by atoms with E-state index in [4.69, 9.17) is 0 Å². The summed E-state index contributed by atoms with van der Waals surface area (Å²) in [6.45, 7) is 3.38. The van der Waals surface area contributed by atoms with E-state index in [9.17, 15) is 17.6 Å². The van der Waals surface area contributed by atoms with Gasteiger partial charge in [-0.2, -0.15) is 0 Å². The topological polar surface area (TPSA) is 69.7 Å². The van der Waals surface area contributed by atoms with Crippen LogP contribution in [0.5, 0.6) is 0 Å². The number of sulfonamides is 1. The zero-order chi connectivity index (χ0) is 21.2. The number of hydrogen-bond donors (Lipinski definition) is 1. The number of carbonyl (C=O) groups excluding carboxylic acids is 1. The van der Waals surface area contributed by atoms with Crippen molar-refractivity contribution in [2.45, 2.75) is 31.1 Å². The molecule has 2 aromatic carbocycles. The van der Waals surface area contributed by atoms with Crippen LogP contribution in [0, 0.1) is 12.7 Å². The van der Waals surface area contributed by atoms with E-state index < -0.39 is 21.7 Å². The van der Waals surface area contributed by atoms with Gasteiger partial charge in [0.05, 0.1) is 10.5 Å². The molecule has 1 heterocycles. The van der Waals surface area contributed by atoms with Gasteiger partial charge in [0.15, 0.2) is 0 Å². The molecule has 3 rings (SSSR count). The van der Waals surface area contributed by atoms with Crippen LogP contribution in [-0.2, 0) is 10.0 Å². The molecule has 0 saturated carbocycles. The lowest BCUT2D eigenvalue weighted by Gasteiger charge is -2.30. The first kappa shape index (κ1) is 21.3. The van der Waals surface area contributed by atoms with Crippen LogP contribution in [0.2, 0.25) is 0 Å². The van der Waals surface area contributed by atoms with Crippen molar-refractivity contribution in [3.63, 3.8) is 0 Å². The molecule has 2 aromatic rings. The van der Waals surface area contributed by atoms with Crippen molar-refractivity contribution in [3.05, 3.63) is 53.3 Å². The minimum Gasteiger partial charge on any atom is -0.371 e. The molecule has 0 bridgehead atoms. The van der Waals surface area contributed by atoms with E-state index in [1.54, 1.807) is 19.1 Å². The Morgan fingerprint density at radius 3 is 2.41 bits per heavy atom. The Hall–Kier alpha value is -2.45. The molecule has 29 heavy (non-hydrogen) atoms. The minimum absolute atomic E-state index is 0.0457. The standard InChI is InChI=1S/C21H26FN3O3S/c1-15-7-8-16(22)13-19(15)23-21(26)18-14-17(29(27,28)24(2)3)9-10-20(18)25-11-5-4-6-12-25/h7-10,13-14H,4-6,11-12H2,1-3H3,(H,23,26). The van der Waals surface area contributed by atoms with Gasteiger partial charge in [-0.15, -0.1) is 0 Å². The van der Waals surface area contributed by atoms with Gasteiger partial charge in [-0.05, 0) is 62.1 Å². The van der Waals surface area contributed by atoms with Crippen LogP contribution in [0.1, 0.15) is 35.2 Å². The Bertz CT molecular complexity index is 1020. The van der Waals surface area contributed by atoms with Crippen molar-refractivity contribution in [2.24, 2.45) is 0 Å². The van der Waals surface area contributed by atoms with Gasteiger partial charge in [0.2, 0.25) is 10.0 Å². The first-order valence-electron chi connectivity index (χ1n) is 9.59. The van der Waals surface area contributed by atoms with Crippen LogP contribution in [0.4, 0.5) is 15.8 Å². The fourth-order valence-electron chi connectivity index (χ4n) is 3.40. The van der Waals surface area contributed by atoms with E-state index >= 15 is 0 Å². The zero-order valence-electron chi connectivity index (χ0n) is 16.9. The predicted octanol–water partition coefficient (Wildman–Crippen LogP) is 3.63. The molecule has 1 N–H and O–H groups in total. The number of amides is 1. The molecule has 1 aliphatic heterocycles. The summed E-state index contributed by atoms with van der Waals surface area (Å²) in [6, 6.07) is 8.80. The van der Waals surface area contributed by atoms with Crippen molar-refractivity contribution in [1.29, 1.82) is 0 Å². The van der Waals surface area contributed by atoms with Gasteiger partial charge < -0.3 is 10.2 Å². The third-order valence-electron chi connectivity index (χ3n) is 5.14. The maximum Gasteiger partial charge on any atom is 0.257 e.